The van der Waals surface area contributed by atoms with Gasteiger partial charge in [0.05, 0.1) is 19.3 Å². The van der Waals surface area contributed by atoms with Crippen molar-refractivity contribution in [1.82, 2.24) is 4.90 Å². The minimum Gasteiger partial charge on any atom is -0.449 e. The standard InChI is InChI=1S/C15H25NO5Si/c1-2-15(17)21-22-18-10-8-16(9-11-19-22)12-14(20-22)13-6-4-3-5-7-13/h2,13-14H,1,3-12H2. The molecule has 4 rings (SSSR count). The second kappa shape index (κ2) is 7.23. The molecule has 4 fully saturated rings. The van der Waals surface area contributed by atoms with Crippen LogP contribution in [0.4, 0.5) is 0 Å². The number of fused-ring (bicyclic) bond motifs is 6. The summed E-state index contributed by atoms with van der Waals surface area (Å²) in [7, 11) is -3.41. The predicted molar refractivity (Wildman–Crippen MR) is 81.8 cm³/mol. The highest BCUT2D eigenvalue weighted by atomic mass is 28.4. The molecule has 124 valence electrons. The lowest BCUT2D eigenvalue weighted by molar-refractivity contribution is -0.149. The largest absolute Gasteiger partial charge is 0.752 e. The third kappa shape index (κ3) is 3.78. The van der Waals surface area contributed by atoms with Gasteiger partial charge in [0.1, 0.15) is 0 Å². The molecule has 6 nitrogen and oxygen atoms in total. The van der Waals surface area contributed by atoms with Crippen molar-refractivity contribution in [3.05, 3.63) is 12.7 Å². The monoisotopic (exact) mass is 327 g/mol. The fourth-order valence-corrected chi connectivity index (χ4v) is 5.52. The molecule has 0 N–H and O–H groups in total. The minimum atomic E-state index is -3.41. The molecule has 0 aromatic carbocycles. The topological polar surface area (TPSA) is 57.2 Å². The van der Waals surface area contributed by atoms with Crippen LogP contribution in [0.5, 0.6) is 0 Å². The van der Waals surface area contributed by atoms with Crippen LogP contribution < -0.4 is 0 Å². The first-order chi connectivity index (χ1) is 10.7. The number of carbonyl (C=O) groups is 1. The summed E-state index contributed by atoms with van der Waals surface area (Å²) >= 11 is 0. The van der Waals surface area contributed by atoms with Crippen LogP contribution >= 0.6 is 0 Å². The minimum absolute atomic E-state index is 0.0187. The lowest BCUT2D eigenvalue weighted by Crippen LogP contribution is -2.61. The lowest BCUT2D eigenvalue weighted by atomic mass is 9.85. The molecule has 1 atom stereocenters. The number of rotatable bonds is 3. The Morgan fingerprint density at radius 2 is 1.86 bits per heavy atom. The van der Waals surface area contributed by atoms with Crippen molar-refractivity contribution >= 4 is 15.0 Å². The Labute approximate surface area is 132 Å². The molecular formula is C15H25NO5Si. The van der Waals surface area contributed by atoms with Gasteiger partial charge in [-0.3, -0.25) is 4.90 Å². The molecule has 7 heteroatoms. The Hall–Kier alpha value is -0.733. The van der Waals surface area contributed by atoms with Crippen LogP contribution in [0.25, 0.3) is 0 Å². The third-order valence-electron chi connectivity index (χ3n) is 4.67. The molecule has 1 saturated carbocycles. The molecule has 2 bridgehead atoms. The second-order valence-electron chi connectivity index (χ2n) is 6.18. The van der Waals surface area contributed by atoms with Gasteiger partial charge in [-0.05, 0) is 18.8 Å². The van der Waals surface area contributed by atoms with E-state index in [-0.39, 0.29) is 6.10 Å². The van der Waals surface area contributed by atoms with Gasteiger partial charge in [-0.15, -0.1) is 0 Å². The normalized spacial score (nSPS) is 36.9. The van der Waals surface area contributed by atoms with Gasteiger partial charge in [-0.2, -0.15) is 0 Å². The van der Waals surface area contributed by atoms with Gasteiger partial charge in [0.25, 0.3) is 0 Å². The van der Waals surface area contributed by atoms with E-state index in [9.17, 15) is 4.79 Å². The van der Waals surface area contributed by atoms with Crippen LogP contribution in [0.15, 0.2) is 12.7 Å². The SMILES string of the molecule is C=CC(=O)O[Si]12OCCN(CCO1)CC(C1CCCCC1)O2. The molecule has 0 aromatic heterocycles. The average Bonchev–Trinajstić information content (AvgIpc) is 2.49. The number of nitrogens with zero attached hydrogens (tertiary/aromatic N) is 1. The van der Waals surface area contributed by atoms with E-state index in [2.05, 4.69) is 11.5 Å². The molecule has 0 aromatic rings. The van der Waals surface area contributed by atoms with Crippen molar-refractivity contribution in [2.75, 3.05) is 32.8 Å². The highest BCUT2D eigenvalue weighted by molar-refractivity contribution is 6.55. The Morgan fingerprint density at radius 1 is 1.18 bits per heavy atom. The summed E-state index contributed by atoms with van der Waals surface area (Å²) in [5, 5.41) is 0. The second-order valence-corrected chi connectivity index (χ2v) is 8.19. The maximum absolute atomic E-state index is 11.7. The van der Waals surface area contributed by atoms with Crippen molar-refractivity contribution in [2.24, 2.45) is 5.92 Å². The Morgan fingerprint density at radius 3 is 2.50 bits per heavy atom. The van der Waals surface area contributed by atoms with Crippen LogP contribution in [0, 0.1) is 5.92 Å². The molecule has 22 heavy (non-hydrogen) atoms. The van der Waals surface area contributed by atoms with Gasteiger partial charge in [0.15, 0.2) is 0 Å². The summed E-state index contributed by atoms with van der Waals surface area (Å²) in [6.45, 7) is 6.92. The first-order valence-electron chi connectivity index (χ1n) is 8.24. The van der Waals surface area contributed by atoms with Crippen molar-refractivity contribution in [3.63, 3.8) is 0 Å². The first kappa shape index (κ1) is 16.1. The van der Waals surface area contributed by atoms with Gasteiger partial charge in [0.2, 0.25) is 0 Å². The maximum atomic E-state index is 11.7. The third-order valence-corrected chi connectivity index (χ3v) is 6.83. The maximum Gasteiger partial charge on any atom is 0.752 e. The highest BCUT2D eigenvalue weighted by Gasteiger charge is 2.54. The highest BCUT2D eigenvalue weighted by Crippen LogP contribution is 2.32. The zero-order valence-electron chi connectivity index (χ0n) is 13.0. The van der Waals surface area contributed by atoms with Gasteiger partial charge in [-0.1, -0.05) is 25.8 Å². The molecule has 3 aliphatic heterocycles. The van der Waals surface area contributed by atoms with E-state index in [4.69, 9.17) is 17.7 Å². The van der Waals surface area contributed by atoms with Crippen LogP contribution in [-0.2, 0) is 22.5 Å². The van der Waals surface area contributed by atoms with E-state index >= 15 is 0 Å². The average molecular weight is 327 g/mol. The molecule has 0 radical (unpaired) electrons. The first-order valence-corrected chi connectivity index (χ1v) is 9.87. The van der Waals surface area contributed by atoms with Crippen LogP contribution in [0.3, 0.4) is 0 Å². The molecule has 4 aliphatic rings. The van der Waals surface area contributed by atoms with E-state index in [1.54, 1.807) is 0 Å². The van der Waals surface area contributed by atoms with Crippen molar-refractivity contribution in [2.45, 2.75) is 38.2 Å². The van der Waals surface area contributed by atoms with Gasteiger partial charge >= 0.3 is 15.0 Å². The fourth-order valence-electron chi connectivity index (χ4n) is 3.48. The molecule has 1 aliphatic carbocycles. The van der Waals surface area contributed by atoms with E-state index in [1.807, 2.05) is 0 Å². The van der Waals surface area contributed by atoms with Crippen molar-refractivity contribution in [1.29, 1.82) is 0 Å². The predicted octanol–water partition coefficient (Wildman–Crippen LogP) is 1.48. The zero-order valence-corrected chi connectivity index (χ0v) is 14.0. The number of hydrogen-bond donors (Lipinski definition) is 0. The molecule has 0 amide bonds. The summed E-state index contributed by atoms with van der Waals surface area (Å²) in [6.07, 6.45) is 7.27. The number of carbonyl (C=O) groups excluding carboxylic acids is 1. The van der Waals surface area contributed by atoms with E-state index < -0.39 is 15.0 Å². The lowest BCUT2D eigenvalue weighted by Gasteiger charge is -2.42. The van der Waals surface area contributed by atoms with E-state index in [1.165, 1.54) is 32.1 Å². The quantitative estimate of drug-likeness (QED) is 0.578. The Bertz CT molecular complexity index is 403. The van der Waals surface area contributed by atoms with E-state index in [0.717, 1.165) is 25.7 Å². The van der Waals surface area contributed by atoms with E-state index in [0.29, 0.717) is 19.1 Å². The fraction of sp³-hybridized carbons (Fsp3) is 0.800. The molecule has 1 unspecified atom stereocenters. The van der Waals surface area contributed by atoms with Crippen molar-refractivity contribution < 1.29 is 22.5 Å². The molecule has 3 heterocycles. The summed E-state index contributed by atoms with van der Waals surface area (Å²) in [6, 6.07) is 0. The summed E-state index contributed by atoms with van der Waals surface area (Å²) in [5.74, 6) is -0.0407. The zero-order chi connectivity index (χ0) is 15.4. The summed E-state index contributed by atoms with van der Waals surface area (Å²) < 4.78 is 23.3. The Balaban J connectivity index is 1.78. The number of hydrogen-bond acceptors (Lipinski definition) is 6. The Kier molecular flexibility index (Phi) is 5.30. The van der Waals surface area contributed by atoms with Gasteiger partial charge in [-0.25, -0.2) is 4.79 Å². The molecular weight excluding hydrogens is 302 g/mol. The summed E-state index contributed by atoms with van der Waals surface area (Å²) in [4.78, 5) is 14.0. The van der Waals surface area contributed by atoms with Crippen molar-refractivity contribution in [3.8, 4) is 0 Å². The van der Waals surface area contributed by atoms with Crippen LogP contribution in [0.1, 0.15) is 32.1 Å². The van der Waals surface area contributed by atoms with Gasteiger partial charge in [0, 0.05) is 25.7 Å². The molecule has 0 spiro atoms. The smallest absolute Gasteiger partial charge is 0.449 e. The van der Waals surface area contributed by atoms with Gasteiger partial charge < -0.3 is 17.7 Å². The summed E-state index contributed by atoms with van der Waals surface area (Å²) in [5.41, 5.74) is 0. The molecule has 3 saturated heterocycles. The van der Waals surface area contributed by atoms with Crippen LogP contribution in [-0.4, -0.2) is 58.9 Å². The van der Waals surface area contributed by atoms with Crippen LogP contribution in [0.2, 0.25) is 0 Å².